The van der Waals surface area contributed by atoms with Gasteiger partial charge in [0.2, 0.25) is 0 Å². The lowest BCUT2D eigenvalue weighted by atomic mass is 9.99. The Morgan fingerprint density at radius 2 is 2.10 bits per heavy atom. The molecule has 1 aliphatic rings. The molecule has 116 valence electrons. The third kappa shape index (κ3) is 3.26. The first-order valence-corrected chi connectivity index (χ1v) is 7.72. The predicted octanol–water partition coefficient (Wildman–Crippen LogP) is 3.76. The highest BCUT2D eigenvalue weighted by Gasteiger charge is 2.27. The van der Waals surface area contributed by atoms with Crippen molar-refractivity contribution in [2.75, 3.05) is 20.8 Å². The van der Waals surface area contributed by atoms with E-state index in [1.165, 1.54) is 20.6 Å². The molecule has 1 atom stereocenters. The molecule has 1 aromatic carbocycles. The van der Waals surface area contributed by atoms with Crippen LogP contribution in [-0.4, -0.2) is 37.6 Å². The normalized spacial score (nSPS) is 18.5. The zero-order chi connectivity index (χ0) is 15.4. The van der Waals surface area contributed by atoms with Crippen molar-refractivity contribution in [1.29, 1.82) is 0 Å². The molecule has 0 bridgehead atoms. The standard InChI is InChI=1S/C16H22ClNO3/c1-4-12-7-5-6-8-18(12)16(19)11-9-13(17)15(21-3)14(10-11)20-2/h9-10,12H,4-8H2,1-3H3. The summed E-state index contributed by atoms with van der Waals surface area (Å²) in [6.07, 6.45) is 4.30. The summed E-state index contributed by atoms with van der Waals surface area (Å²) in [7, 11) is 3.07. The monoisotopic (exact) mass is 311 g/mol. The van der Waals surface area contributed by atoms with Gasteiger partial charge in [-0.25, -0.2) is 0 Å². The summed E-state index contributed by atoms with van der Waals surface area (Å²) in [4.78, 5) is 14.7. The average Bonchev–Trinajstić information content (AvgIpc) is 2.53. The first-order chi connectivity index (χ1) is 10.1. The highest BCUT2D eigenvalue weighted by Crippen LogP contribution is 2.36. The van der Waals surface area contributed by atoms with Crippen LogP contribution in [0.4, 0.5) is 0 Å². The SMILES string of the molecule is CCC1CCCCN1C(=O)c1cc(Cl)c(OC)c(OC)c1. The fourth-order valence-electron chi connectivity index (χ4n) is 2.90. The summed E-state index contributed by atoms with van der Waals surface area (Å²) in [6, 6.07) is 3.68. The first-order valence-electron chi connectivity index (χ1n) is 7.34. The van der Waals surface area contributed by atoms with Crippen molar-refractivity contribution in [3.63, 3.8) is 0 Å². The van der Waals surface area contributed by atoms with Crippen LogP contribution >= 0.6 is 11.6 Å². The van der Waals surface area contributed by atoms with Gasteiger partial charge in [0, 0.05) is 18.2 Å². The van der Waals surface area contributed by atoms with E-state index in [9.17, 15) is 4.79 Å². The van der Waals surface area contributed by atoms with Gasteiger partial charge in [-0.05, 0) is 37.8 Å². The van der Waals surface area contributed by atoms with Gasteiger partial charge in [-0.1, -0.05) is 18.5 Å². The van der Waals surface area contributed by atoms with Crippen molar-refractivity contribution in [2.24, 2.45) is 0 Å². The second-order valence-electron chi connectivity index (χ2n) is 5.25. The Labute approximate surface area is 131 Å². The van der Waals surface area contributed by atoms with Gasteiger partial charge in [-0.15, -0.1) is 0 Å². The number of hydrogen-bond acceptors (Lipinski definition) is 3. The highest BCUT2D eigenvalue weighted by atomic mass is 35.5. The molecule has 0 aromatic heterocycles. The van der Waals surface area contributed by atoms with Crippen LogP contribution in [0, 0.1) is 0 Å². The zero-order valence-electron chi connectivity index (χ0n) is 12.8. The minimum absolute atomic E-state index is 0.0180. The fourth-order valence-corrected chi connectivity index (χ4v) is 3.19. The summed E-state index contributed by atoms with van der Waals surface area (Å²) >= 11 is 6.19. The van der Waals surface area contributed by atoms with Crippen molar-refractivity contribution in [1.82, 2.24) is 4.90 Å². The number of amides is 1. The second kappa shape index (κ2) is 7.03. The van der Waals surface area contributed by atoms with Crippen LogP contribution in [0.3, 0.4) is 0 Å². The average molecular weight is 312 g/mol. The molecule has 21 heavy (non-hydrogen) atoms. The Morgan fingerprint density at radius 3 is 2.71 bits per heavy atom. The molecule has 1 saturated heterocycles. The van der Waals surface area contributed by atoms with E-state index >= 15 is 0 Å². The zero-order valence-corrected chi connectivity index (χ0v) is 13.6. The van der Waals surface area contributed by atoms with Crippen LogP contribution in [0.2, 0.25) is 5.02 Å². The number of halogens is 1. The molecule has 5 heteroatoms. The largest absolute Gasteiger partial charge is 0.493 e. The van der Waals surface area contributed by atoms with Crippen molar-refractivity contribution >= 4 is 17.5 Å². The topological polar surface area (TPSA) is 38.8 Å². The van der Waals surface area contributed by atoms with E-state index < -0.39 is 0 Å². The molecule has 0 N–H and O–H groups in total. The van der Waals surface area contributed by atoms with E-state index in [1.807, 2.05) is 4.90 Å². The van der Waals surface area contributed by atoms with Crippen molar-refractivity contribution in [3.05, 3.63) is 22.7 Å². The summed E-state index contributed by atoms with van der Waals surface area (Å²) < 4.78 is 10.5. The Balaban J connectivity index is 2.32. The minimum Gasteiger partial charge on any atom is -0.493 e. The fraction of sp³-hybridized carbons (Fsp3) is 0.562. The van der Waals surface area contributed by atoms with Gasteiger partial charge in [0.15, 0.2) is 11.5 Å². The maximum atomic E-state index is 12.8. The molecule has 1 fully saturated rings. The van der Waals surface area contributed by atoms with Gasteiger partial charge in [0.25, 0.3) is 5.91 Å². The molecule has 1 unspecified atom stereocenters. The molecule has 1 aliphatic heterocycles. The van der Waals surface area contributed by atoms with E-state index in [2.05, 4.69) is 6.92 Å². The molecule has 2 rings (SSSR count). The number of rotatable bonds is 4. The minimum atomic E-state index is 0.0180. The summed E-state index contributed by atoms with van der Waals surface area (Å²) in [5.74, 6) is 0.962. The number of benzene rings is 1. The number of ether oxygens (including phenoxy) is 2. The Kier molecular flexibility index (Phi) is 5.34. The van der Waals surface area contributed by atoms with E-state index in [1.54, 1.807) is 12.1 Å². The third-order valence-corrected chi connectivity index (χ3v) is 4.32. The molecule has 0 spiro atoms. The van der Waals surface area contributed by atoms with Crippen LogP contribution in [0.25, 0.3) is 0 Å². The van der Waals surface area contributed by atoms with Crippen LogP contribution in [0.15, 0.2) is 12.1 Å². The van der Waals surface area contributed by atoms with Gasteiger partial charge < -0.3 is 14.4 Å². The molecule has 0 radical (unpaired) electrons. The molecule has 4 nitrogen and oxygen atoms in total. The highest BCUT2D eigenvalue weighted by molar-refractivity contribution is 6.32. The number of hydrogen-bond donors (Lipinski definition) is 0. The molecule has 1 amide bonds. The van der Waals surface area contributed by atoms with Crippen LogP contribution in [0.5, 0.6) is 11.5 Å². The van der Waals surface area contributed by atoms with E-state index in [0.717, 1.165) is 25.8 Å². The number of carbonyl (C=O) groups excluding carboxylic acids is 1. The lowest BCUT2D eigenvalue weighted by Crippen LogP contribution is -2.43. The number of methoxy groups -OCH3 is 2. The number of nitrogens with zero attached hydrogens (tertiary/aromatic N) is 1. The Bertz CT molecular complexity index is 518. The maximum Gasteiger partial charge on any atom is 0.254 e. The summed E-state index contributed by atoms with van der Waals surface area (Å²) in [6.45, 7) is 2.93. The van der Waals surface area contributed by atoms with Crippen molar-refractivity contribution in [2.45, 2.75) is 38.6 Å². The van der Waals surface area contributed by atoms with Gasteiger partial charge in [-0.3, -0.25) is 4.79 Å². The molecule has 1 heterocycles. The molecule has 0 aliphatic carbocycles. The number of carbonyl (C=O) groups is 1. The van der Waals surface area contributed by atoms with Crippen molar-refractivity contribution in [3.8, 4) is 11.5 Å². The van der Waals surface area contributed by atoms with Gasteiger partial charge in [0.05, 0.1) is 19.2 Å². The van der Waals surface area contributed by atoms with Crippen molar-refractivity contribution < 1.29 is 14.3 Å². The number of likely N-dealkylation sites (tertiary alicyclic amines) is 1. The quantitative estimate of drug-likeness (QED) is 0.850. The van der Waals surface area contributed by atoms with E-state index in [4.69, 9.17) is 21.1 Å². The first kappa shape index (κ1) is 16.0. The van der Waals surface area contributed by atoms with Crippen LogP contribution in [0.1, 0.15) is 43.0 Å². The van der Waals surface area contributed by atoms with Gasteiger partial charge in [-0.2, -0.15) is 0 Å². The predicted molar refractivity (Wildman–Crippen MR) is 83.5 cm³/mol. The van der Waals surface area contributed by atoms with Crippen LogP contribution < -0.4 is 9.47 Å². The lowest BCUT2D eigenvalue weighted by Gasteiger charge is -2.35. The van der Waals surface area contributed by atoms with E-state index in [0.29, 0.717) is 28.1 Å². The van der Waals surface area contributed by atoms with Crippen LogP contribution in [-0.2, 0) is 0 Å². The second-order valence-corrected chi connectivity index (χ2v) is 5.66. The Morgan fingerprint density at radius 1 is 1.33 bits per heavy atom. The Hall–Kier alpha value is -1.42. The van der Waals surface area contributed by atoms with Gasteiger partial charge >= 0.3 is 0 Å². The number of piperidine rings is 1. The molecular weight excluding hydrogens is 290 g/mol. The maximum absolute atomic E-state index is 12.8. The summed E-state index contributed by atoms with van der Waals surface area (Å²) in [5.41, 5.74) is 0.554. The summed E-state index contributed by atoms with van der Waals surface area (Å²) in [5, 5.41) is 0.394. The third-order valence-electron chi connectivity index (χ3n) is 4.04. The molecular formula is C16H22ClNO3. The molecule has 1 aromatic rings. The molecule has 0 saturated carbocycles. The van der Waals surface area contributed by atoms with E-state index in [-0.39, 0.29) is 5.91 Å². The lowest BCUT2D eigenvalue weighted by molar-refractivity contribution is 0.0607. The smallest absolute Gasteiger partial charge is 0.254 e. The van der Waals surface area contributed by atoms with Gasteiger partial charge in [0.1, 0.15) is 0 Å².